The van der Waals surface area contributed by atoms with E-state index in [1.165, 1.54) is 6.07 Å². The molecule has 0 unspecified atom stereocenters. The van der Waals surface area contributed by atoms with E-state index in [0.717, 1.165) is 4.90 Å². The molecule has 0 fully saturated rings. The van der Waals surface area contributed by atoms with Gasteiger partial charge in [-0.05, 0) is 36.4 Å². The van der Waals surface area contributed by atoms with E-state index in [0.29, 0.717) is 16.8 Å². The summed E-state index contributed by atoms with van der Waals surface area (Å²) in [6.07, 6.45) is 0. The van der Waals surface area contributed by atoms with Gasteiger partial charge in [0.1, 0.15) is 5.75 Å². The summed E-state index contributed by atoms with van der Waals surface area (Å²) < 4.78 is 5.36. The smallest absolute Gasteiger partial charge is 0.345 e. The molecule has 1 aliphatic rings. The molecule has 5 nitrogen and oxygen atoms in total. The van der Waals surface area contributed by atoms with Crippen molar-refractivity contribution in [2.24, 2.45) is 0 Å². The van der Waals surface area contributed by atoms with Crippen LogP contribution in [-0.2, 0) is 0 Å². The lowest BCUT2D eigenvalue weighted by molar-refractivity contribution is 0.0735. The van der Waals surface area contributed by atoms with Crippen molar-refractivity contribution in [3.8, 4) is 5.75 Å². The van der Waals surface area contributed by atoms with Crippen molar-refractivity contribution in [2.45, 2.75) is 0 Å². The van der Waals surface area contributed by atoms with Crippen molar-refractivity contribution in [3.63, 3.8) is 0 Å². The standard InChI is InChI=1S/C21H12ClNO4/c22-18-11-4-3-10-17(18)21(26)27-14-7-5-6-13(12-14)23-19(24)15-8-1-2-9-16(15)20(23)25/h1-12H. The topological polar surface area (TPSA) is 63.7 Å². The summed E-state index contributed by atoms with van der Waals surface area (Å²) in [5, 5.41) is 0.277. The lowest BCUT2D eigenvalue weighted by Gasteiger charge is -2.15. The first-order valence-electron chi connectivity index (χ1n) is 8.11. The quantitative estimate of drug-likeness (QED) is 0.386. The molecular weight excluding hydrogens is 366 g/mol. The zero-order valence-corrected chi connectivity index (χ0v) is 14.6. The van der Waals surface area contributed by atoms with Crippen molar-refractivity contribution in [1.82, 2.24) is 0 Å². The lowest BCUT2D eigenvalue weighted by Crippen LogP contribution is -2.29. The molecule has 0 saturated carbocycles. The molecule has 0 N–H and O–H groups in total. The SMILES string of the molecule is O=C(Oc1cccc(N2C(=O)c3ccccc3C2=O)c1)c1ccccc1Cl. The molecule has 1 heterocycles. The van der Waals surface area contributed by atoms with Gasteiger partial charge in [-0.25, -0.2) is 9.69 Å². The van der Waals surface area contributed by atoms with Crippen molar-refractivity contribution in [3.05, 3.63) is 94.5 Å². The number of fused-ring (bicyclic) bond motifs is 1. The van der Waals surface area contributed by atoms with Crippen molar-refractivity contribution in [2.75, 3.05) is 4.90 Å². The molecule has 1 aliphatic heterocycles. The normalized spacial score (nSPS) is 12.9. The molecule has 0 aromatic heterocycles. The van der Waals surface area contributed by atoms with Crippen LogP contribution in [0.1, 0.15) is 31.1 Å². The minimum absolute atomic E-state index is 0.203. The molecule has 3 aromatic rings. The molecule has 0 atom stereocenters. The van der Waals surface area contributed by atoms with Gasteiger partial charge in [-0.3, -0.25) is 9.59 Å². The van der Waals surface area contributed by atoms with Gasteiger partial charge in [0.05, 0.1) is 27.4 Å². The Kier molecular flexibility index (Phi) is 4.22. The summed E-state index contributed by atoms with van der Waals surface area (Å²) in [6.45, 7) is 0. The molecular formula is C21H12ClNO4. The largest absolute Gasteiger partial charge is 0.423 e. The monoisotopic (exact) mass is 377 g/mol. The molecule has 27 heavy (non-hydrogen) atoms. The number of anilines is 1. The number of nitrogens with zero attached hydrogens (tertiary/aromatic N) is 1. The molecule has 2 amide bonds. The highest BCUT2D eigenvalue weighted by Gasteiger charge is 2.36. The number of esters is 1. The number of carbonyl (C=O) groups is 3. The van der Waals surface area contributed by atoms with Crippen LogP contribution in [0, 0.1) is 0 Å². The Labute approximate surface area is 159 Å². The third-order valence-corrected chi connectivity index (χ3v) is 4.50. The van der Waals surface area contributed by atoms with Gasteiger partial charge < -0.3 is 4.74 Å². The number of amides is 2. The molecule has 0 bridgehead atoms. The second kappa shape index (κ2) is 6.70. The highest BCUT2D eigenvalue weighted by molar-refractivity contribution is 6.34. The van der Waals surface area contributed by atoms with Crippen molar-refractivity contribution < 1.29 is 19.1 Å². The van der Waals surface area contributed by atoms with Gasteiger partial charge in [0.25, 0.3) is 11.8 Å². The zero-order chi connectivity index (χ0) is 19.0. The fourth-order valence-electron chi connectivity index (χ4n) is 2.90. The van der Waals surface area contributed by atoms with E-state index in [9.17, 15) is 14.4 Å². The lowest BCUT2D eigenvalue weighted by atomic mass is 10.1. The van der Waals surface area contributed by atoms with Crippen LogP contribution in [-0.4, -0.2) is 17.8 Å². The minimum Gasteiger partial charge on any atom is -0.423 e. The summed E-state index contributed by atoms with van der Waals surface area (Å²) in [6, 6.07) is 19.4. The maximum atomic E-state index is 12.6. The number of hydrogen-bond donors (Lipinski definition) is 0. The highest BCUT2D eigenvalue weighted by atomic mass is 35.5. The first-order valence-corrected chi connectivity index (χ1v) is 8.48. The maximum Gasteiger partial charge on any atom is 0.345 e. The molecule has 132 valence electrons. The number of rotatable bonds is 3. The first kappa shape index (κ1) is 17.0. The highest BCUT2D eigenvalue weighted by Crippen LogP contribution is 2.30. The van der Waals surface area contributed by atoms with Crippen LogP contribution in [0.25, 0.3) is 0 Å². The van der Waals surface area contributed by atoms with Gasteiger partial charge >= 0.3 is 5.97 Å². The maximum absolute atomic E-state index is 12.6. The predicted octanol–water partition coefficient (Wildman–Crippen LogP) is 4.36. The minimum atomic E-state index is -0.625. The number of ether oxygens (including phenoxy) is 1. The molecule has 0 radical (unpaired) electrons. The van der Waals surface area contributed by atoms with Gasteiger partial charge in [0.15, 0.2) is 0 Å². The van der Waals surface area contributed by atoms with Gasteiger partial charge in [-0.15, -0.1) is 0 Å². The van der Waals surface area contributed by atoms with Crippen LogP contribution >= 0.6 is 11.6 Å². The number of imide groups is 1. The summed E-state index contributed by atoms with van der Waals surface area (Å²) in [4.78, 5) is 38.6. The van der Waals surface area contributed by atoms with Gasteiger partial charge in [0, 0.05) is 6.07 Å². The van der Waals surface area contributed by atoms with E-state index >= 15 is 0 Å². The molecule has 3 aromatic carbocycles. The number of carbonyl (C=O) groups excluding carboxylic acids is 3. The Morgan fingerprint density at radius 2 is 1.44 bits per heavy atom. The Morgan fingerprint density at radius 3 is 2.11 bits per heavy atom. The average molecular weight is 378 g/mol. The number of hydrogen-bond acceptors (Lipinski definition) is 4. The van der Waals surface area contributed by atoms with E-state index in [4.69, 9.17) is 16.3 Å². The summed E-state index contributed by atoms with van der Waals surface area (Å²) >= 11 is 6.01. The van der Waals surface area contributed by atoms with Crippen LogP contribution in [0.2, 0.25) is 5.02 Å². The van der Waals surface area contributed by atoms with Crippen LogP contribution < -0.4 is 9.64 Å². The first-order chi connectivity index (χ1) is 13.1. The number of halogens is 1. The van der Waals surface area contributed by atoms with Crippen LogP contribution in [0.4, 0.5) is 5.69 Å². The molecule has 0 saturated heterocycles. The van der Waals surface area contributed by atoms with Gasteiger partial charge in [0.2, 0.25) is 0 Å². The fourth-order valence-corrected chi connectivity index (χ4v) is 3.11. The Morgan fingerprint density at radius 1 is 0.815 bits per heavy atom. The summed E-state index contributed by atoms with van der Waals surface area (Å²) in [5.41, 5.74) is 1.25. The summed E-state index contributed by atoms with van der Waals surface area (Å²) in [7, 11) is 0. The third-order valence-electron chi connectivity index (χ3n) is 4.17. The van der Waals surface area contributed by atoms with E-state index in [1.807, 2.05) is 0 Å². The second-order valence-corrected chi connectivity index (χ2v) is 6.27. The molecule has 4 rings (SSSR count). The van der Waals surface area contributed by atoms with Gasteiger partial charge in [-0.2, -0.15) is 0 Å². The average Bonchev–Trinajstić information content (AvgIpc) is 2.93. The van der Waals surface area contributed by atoms with E-state index in [1.54, 1.807) is 66.7 Å². The Bertz CT molecular complexity index is 1060. The Hall–Kier alpha value is -3.44. The van der Waals surface area contributed by atoms with Crippen molar-refractivity contribution >= 4 is 35.1 Å². The van der Waals surface area contributed by atoms with Crippen LogP contribution in [0.5, 0.6) is 5.75 Å². The predicted molar refractivity (Wildman–Crippen MR) is 100 cm³/mol. The van der Waals surface area contributed by atoms with Gasteiger partial charge in [-0.1, -0.05) is 41.9 Å². The Balaban J connectivity index is 1.63. The zero-order valence-electron chi connectivity index (χ0n) is 13.9. The third kappa shape index (κ3) is 2.98. The number of benzene rings is 3. The molecule has 0 spiro atoms. The van der Waals surface area contributed by atoms with Crippen molar-refractivity contribution in [1.29, 1.82) is 0 Å². The fraction of sp³-hybridized carbons (Fsp3) is 0. The molecule has 6 heteroatoms. The van der Waals surface area contributed by atoms with E-state index < -0.39 is 17.8 Å². The van der Waals surface area contributed by atoms with Crippen LogP contribution in [0.3, 0.4) is 0 Å². The van der Waals surface area contributed by atoms with E-state index in [2.05, 4.69) is 0 Å². The second-order valence-electron chi connectivity index (χ2n) is 5.86. The van der Waals surface area contributed by atoms with Crippen LogP contribution in [0.15, 0.2) is 72.8 Å². The summed E-state index contributed by atoms with van der Waals surface area (Å²) in [5.74, 6) is -1.25. The van der Waals surface area contributed by atoms with E-state index in [-0.39, 0.29) is 16.3 Å². The molecule has 0 aliphatic carbocycles.